The summed E-state index contributed by atoms with van der Waals surface area (Å²) in [6.07, 6.45) is 1.63. The maximum Gasteiger partial charge on any atom is 0.143 e. The van der Waals surface area contributed by atoms with E-state index in [0.717, 1.165) is 76.9 Å². The Hall–Kier alpha value is -6.75. The van der Waals surface area contributed by atoms with Crippen LogP contribution in [0.4, 0.5) is 0 Å². The Morgan fingerprint density at radius 3 is 2.09 bits per heavy atom. The van der Waals surface area contributed by atoms with Gasteiger partial charge in [0, 0.05) is 39.7 Å². The monoisotopic (exact) mass is 682 g/mol. The van der Waals surface area contributed by atoms with Crippen LogP contribution in [0.15, 0.2) is 190 Å². The molecule has 0 aliphatic carbocycles. The second kappa shape index (κ2) is 13.1. The van der Waals surface area contributed by atoms with Gasteiger partial charge >= 0.3 is 0 Å². The summed E-state index contributed by atoms with van der Waals surface area (Å²) in [5.74, 6) is 0. The van der Waals surface area contributed by atoms with Crippen molar-refractivity contribution in [1.29, 1.82) is 0 Å². The highest BCUT2D eigenvalue weighted by Gasteiger charge is 2.17. The van der Waals surface area contributed by atoms with E-state index in [9.17, 15) is 0 Å². The number of nitrogens with zero attached hydrogens (tertiary/aromatic N) is 1. The lowest BCUT2D eigenvalue weighted by Gasteiger charge is -2.16. The number of fused-ring (bicyclic) bond motifs is 8. The zero-order valence-corrected chi connectivity index (χ0v) is 28.9. The molecule has 0 radical (unpaired) electrons. The standard InChI is InChI=1S/C49H34N2O2/c1-4-11-32(12-5-1)30-50-49(38-23-25-41-46(29-38)52-45-18-10-17-39(47(41)45)35-15-8-3-9-16-35)51-31-33-19-26-44-43(27-33)40-24-22-36-20-21-37(28-42(36)48(40)53-44)34-13-6-2-7-14-34/h1-30,49,51H,31H2/b50-30+. The second-order valence-corrected chi connectivity index (χ2v) is 13.6. The Labute approximate surface area is 306 Å². The minimum Gasteiger partial charge on any atom is -0.456 e. The highest BCUT2D eigenvalue weighted by molar-refractivity contribution is 6.16. The van der Waals surface area contributed by atoms with Crippen molar-refractivity contribution in [1.82, 2.24) is 5.32 Å². The number of rotatable bonds is 8. The van der Waals surface area contributed by atoms with Crippen LogP contribution in [0, 0.1) is 0 Å². The zero-order chi connectivity index (χ0) is 35.1. The van der Waals surface area contributed by atoms with Crippen LogP contribution in [-0.2, 0) is 6.54 Å². The molecule has 0 amide bonds. The van der Waals surface area contributed by atoms with Crippen LogP contribution in [0.3, 0.4) is 0 Å². The van der Waals surface area contributed by atoms with Crippen molar-refractivity contribution >= 4 is 60.9 Å². The topological polar surface area (TPSA) is 50.7 Å². The van der Waals surface area contributed by atoms with Crippen molar-refractivity contribution in [3.63, 3.8) is 0 Å². The van der Waals surface area contributed by atoms with E-state index in [1.54, 1.807) is 0 Å². The molecule has 10 aromatic rings. The van der Waals surface area contributed by atoms with Crippen LogP contribution in [0.5, 0.6) is 0 Å². The van der Waals surface area contributed by atoms with E-state index in [0.29, 0.717) is 6.54 Å². The van der Waals surface area contributed by atoms with Crippen LogP contribution in [-0.4, -0.2) is 6.21 Å². The molecule has 2 aromatic heterocycles. The molecule has 0 saturated carbocycles. The van der Waals surface area contributed by atoms with Gasteiger partial charge in [-0.15, -0.1) is 0 Å². The van der Waals surface area contributed by atoms with E-state index in [4.69, 9.17) is 13.8 Å². The van der Waals surface area contributed by atoms with Gasteiger partial charge in [0.25, 0.3) is 0 Å². The van der Waals surface area contributed by atoms with Gasteiger partial charge in [-0.1, -0.05) is 140 Å². The zero-order valence-electron chi connectivity index (χ0n) is 28.9. The lowest BCUT2D eigenvalue weighted by molar-refractivity contribution is 0.555. The fourth-order valence-corrected chi connectivity index (χ4v) is 7.56. The Morgan fingerprint density at radius 1 is 0.509 bits per heavy atom. The summed E-state index contributed by atoms with van der Waals surface area (Å²) in [6.45, 7) is 0.613. The van der Waals surface area contributed by atoms with Crippen LogP contribution in [0.1, 0.15) is 22.9 Å². The fraction of sp³-hybridized carbons (Fsp3) is 0.0408. The number of hydrogen-bond acceptors (Lipinski definition) is 4. The van der Waals surface area contributed by atoms with Crippen molar-refractivity contribution < 1.29 is 8.83 Å². The van der Waals surface area contributed by atoms with Gasteiger partial charge in [-0.25, -0.2) is 0 Å². The number of hydrogen-bond donors (Lipinski definition) is 1. The normalized spacial score (nSPS) is 12.5. The summed E-state index contributed by atoms with van der Waals surface area (Å²) in [5.41, 5.74) is 11.4. The van der Waals surface area contributed by atoms with E-state index in [1.165, 1.54) is 16.7 Å². The molecule has 0 saturated heterocycles. The number of furan rings is 2. The molecule has 0 bridgehead atoms. The van der Waals surface area contributed by atoms with E-state index >= 15 is 0 Å². The van der Waals surface area contributed by atoms with E-state index < -0.39 is 0 Å². The van der Waals surface area contributed by atoms with Gasteiger partial charge in [0.05, 0.1) is 0 Å². The van der Waals surface area contributed by atoms with Gasteiger partial charge in [0.15, 0.2) is 0 Å². The SMILES string of the molecule is C(=N\C(NCc1ccc2oc3c4cc(-c5ccccc5)ccc4ccc3c2c1)c1ccc2c(c1)oc1cccc(-c3ccccc3)c12)/c1ccccc1. The van der Waals surface area contributed by atoms with E-state index in [-0.39, 0.29) is 6.17 Å². The van der Waals surface area contributed by atoms with Crippen molar-refractivity contribution in [2.45, 2.75) is 12.7 Å². The lowest BCUT2D eigenvalue weighted by Crippen LogP contribution is -2.19. The average Bonchev–Trinajstić information content (AvgIpc) is 3.80. The first-order chi connectivity index (χ1) is 26.2. The molecule has 1 N–H and O–H groups in total. The van der Waals surface area contributed by atoms with Gasteiger partial charge in [0.1, 0.15) is 28.5 Å². The molecule has 8 aromatic carbocycles. The van der Waals surface area contributed by atoms with Crippen molar-refractivity contribution in [3.8, 4) is 22.3 Å². The molecule has 10 rings (SSSR count). The Bertz CT molecular complexity index is 2940. The first kappa shape index (κ1) is 31.0. The smallest absolute Gasteiger partial charge is 0.143 e. The van der Waals surface area contributed by atoms with Crippen LogP contribution >= 0.6 is 0 Å². The predicted molar refractivity (Wildman–Crippen MR) is 219 cm³/mol. The molecule has 53 heavy (non-hydrogen) atoms. The predicted octanol–water partition coefficient (Wildman–Crippen LogP) is 12.9. The quantitative estimate of drug-likeness (QED) is 0.162. The molecule has 252 valence electrons. The summed E-state index contributed by atoms with van der Waals surface area (Å²) < 4.78 is 13.0. The van der Waals surface area contributed by atoms with Gasteiger partial charge in [0.2, 0.25) is 0 Å². The van der Waals surface area contributed by atoms with E-state index in [1.807, 2.05) is 42.6 Å². The molecule has 4 heteroatoms. The summed E-state index contributed by atoms with van der Waals surface area (Å²) >= 11 is 0. The highest BCUT2D eigenvalue weighted by atomic mass is 16.3. The van der Waals surface area contributed by atoms with Crippen molar-refractivity contribution in [3.05, 3.63) is 193 Å². The van der Waals surface area contributed by atoms with Gasteiger partial charge in [-0.05, 0) is 80.7 Å². The van der Waals surface area contributed by atoms with E-state index in [2.05, 4.69) is 145 Å². The second-order valence-electron chi connectivity index (χ2n) is 13.6. The summed E-state index contributed by atoms with van der Waals surface area (Å²) in [4.78, 5) is 5.08. The maximum absolute atomic E-state index is 6.54. The molecule has 1 atom stereocenters. The first-order valence-electron chi connectivity index (χ1n) is 18.0. The molecule has 0 fully saturated rings. The van der Waals surface area contributed by atoms with Crippen LogP contribution in [0.25, 0.3) is 76.9 Å². The van der Waals surface area contributed by atoms with Crippen LogP contribution < -0.4 is 5.32 Å². The highest BCUT2D eigenvalue weighted by Crippen LogP contribution is 2.39. The molecule has 4 nitrogen and oxygen atoms in total. The summed E-state index contributed by atoms with van der Waals surface area (Å²) in [6, 6.07) is 61.4. The van der Waals surface area contributed by atoms with Gasteiger partial charge in [-0.2, -0.15) is 0 Å². The largest absolute Gasteiger partial charge is 0.456 e. The third-order valence-corrected chi connectivity index (χ3v) is 10.2. The molecular weight excluding hydrogens is 649 g/mol. The molecular formula is C49H34N2O2. The Morgan fingerprint density at radius 2 is 1.26 bits per heavy atom. The molecule has 2 heterocycles. The molecule has 0 aliphatic rings. The number of nitrogens with one attached hydrogen (secondary N) is 1. The minimum absolute atomic E-state index is 0.307. The maximum atomic E-state index is 6.54. The third kappa shape index (κ3) is 5.76. The lowest BCUT2D eigenvalue weighted by atomic mass is 9.99. The Balaban J connectivity index is 1.00. The Kier molecular flexibility index (Phi) is 7.67. The number of aliphatic imine (C=N–C) groups is 1. The minimum atomic E-state index is -0.307. The van der Waals surface area contributed by atoms with Crippen molar-refractivity contribution in [2.24, 2.45) is 4.99 Å². The van der Waals surface area contributed by atoms with Crippen LogP contribution in [0.2, 0.25) is 0 Å². The third-order valence-electron chi connectivity index (χ3n) is 10.2. The number of benzene rings is 8. The average molecular weight is 683 g/mol. The van der Waals surface area contributed by atoms with Gasteiger partial charge in [-0.3, -0.25) is 10.3 Å². The molecule has 0 aliphatic heterocycles. The fourth-order valence-electron chi connectivity index (χ4n) is 7.56. The summed E-state index contributed by atoms with van der Waals surface area (Å²) in [5, 5.41) is 10.5. The molecule has 0 spiro atoms. The van der Waals surface area contributed by atoms with Gasteiger partial charge < -0.3 is 8.83 Å². The van der Waals surface area contributed by atoms with Crippen molar-refractivity contribution in [2.75, 3.05) is 0 Å². The first-order valence-corrected chi connectivity index (χ1v) is 18.0. The molecule has 1 unspecified atom stereocenters. The summed E-state index contributed by atoms with van der Waals surface area (Å²) in [7, 11) is 0.